The van der Waals surface area contributed by atoms with Crippen molar-refractivity contribution in [2.75, 3.05) is 0 Å². The molecule has 0 saturated heterocycles. The number of unbranched alkanes of at least 4 members (excludes halogenated alkanes) is 1. The Morgan fingerprint density at radius 3 is 2.00 bits per heavy atom. The molecule has 0 bridgehead atoms. The van der Waals surface area contributed by atoms with Crippen molar-refractivity contribution >= 4 is 20.2 Å². The number of hydrogen-bond donors (Lipinski definition) is 0. The fraction of sp³-hybridized carbons (Fsp3) is 1.00. The second kappa shape index (κ2) is 7.92. The van der Waals surface area contributed by atoms with Gasteiger partial charge in [-0.25, -0.2) is 0 Å². The molecule has 0 aromatic carbocycles. The molecule has 0 rings (SSSR count). The molecule has 0 aliphatic heterocycles. The molecule has 0 atom stereocenters. The first-order valence-electron chi connectivity index (χ1n) is 4.57. The van der Waals surface area contributed by atoms with Gasteiger partial charge in [0.15, 0.2) is 0 Å². The van der Waals surface area contributed by atoms with E-state index in [4.69, 9.17) is 0 Å². The van der Waals surface area contributed by atoms with Gasteiger partial charge in [0.2, 0.25) is 0 Å². The minimum atomic E-state index is -0.630. The van der Waals surface area contributed by atoms with Crippen LogP contribution in [0.1, 0.15) is 40.0 Å². The Kier molecular flexibility index (Phi) is 8.57. The van der Waals surface area contributed by atoms with Gasteiger partial charge in [-0.15, -0.1) is 0 Å². The van der Waals surface area contributed by atoms with Gasteiger partial charge in [0.25, 0.3) is 0 Å². The van der Waals surface area contributed by atoms with E-state index in [1.165, 1.54) is 19.3 Å². The molecule has 0 aliphatic rings. The molecule has 0 saturated carbocycles. The Bertz CT molecular complexity index is 61.7. The van der Waals surface area contributed by atoms with E-state index in [-0.39, 0.29) is 0 Å². The van der Waals surface area contributed by atoms with Gasteiger partial charge in [-0.3, -0.25) is 0 Å². The topological polar surface area (TPSA) is 0 Å². The molecule has 0 spiro atoms. The molecular formula is C9H21Sb. The average Bonchev–Trinajstić information content (AvgIpc) is 1.98. The SMILES string of the molecule is CCC[CH2][Sb]([CH2]C)[CH2]CC. The summed E-state index contributed by atoms with van der Waals surface area (Å²) < 4.78 is 4.83. The third kappa shape index (κ3) is 5.59. The zero-order chi connectivity index (χ0) is 7.82. The van der Waals surface area contributed by atoms with Crippen LogP contribution in [0.25, 0.3) is 0 Å². The molecular weight excluding hydrogens is 230 g/mol. The molecule has 0 amide bonds. The van der Waals surface area contributed by atoms with Gasteiger partial charge >= 0.3 is 73.3 Å². The van der Waals surface area contributed by atoms with E-state index in [1.807, 2.05) is 0 Å². The van der Waals surface area contributed by atoms with E-state index < -0.39 is 20.2 Å². The van der Waals surface area contributed by atoms with Gasteiger partial charge in [0, 0.05) is 0 Å². The summed E-state index contributed by atoms with van der Waals surface area (Å²) in [5.41, 5.74) is 0. The summed E-state index contributed by atoms with van der Waals surface area (Å²) in [5.74, 6) is 0. The van der Waals surface area contributed by atoms with Crippen LogP contribution in [0.4, 0.5) is 0 Å². The first kappa shape index (κ1) is 10.8. The Hall–Kier alpha value is 0.818. The van der Waals surface area contributed by atoms with Crippen LogP contribution in [0.15, 0.2) is 0 Å². The van der Waals surface area contributed by atoms with Crippen LogP contribution in [0.3, 0.4) is 0 Å². The van der Waals surface area contributed by atoms with Crippen molar-refractivity contribution < 1.29 is 0 Å². The molecule has 1 heteroatoms. The van der Waals surface area contributed by atoms with Gasteiger partial charge in [-0.1, -0.05) is 0 Å². The fourth-order valence-electron chi connectivity index (χ4n) is 1.13. The Labute approximate surface area is 73.4 Å². The van der Waals surface area contributed by atoms with E-state index >= 15 is 0 Å². The van der Waals surface area contributed by atoms with Crippen LogP contribution >= 0.6 is 0 Å². The van der Waals surface area contributed by atoms with Crippen LogP contribution in [0.2, 0.25) is 13.1 Å². The first-order valence-corrected chi connectivity index (χ1v) is 9.99. The van der Waals surface area contributed by atoms with Gasteiger partial charge < -0.3 is 0 Å². The summed E-state index contributed by atoms with van der Waals surface area (Å²) in [4.78, 5) is 0. The van der Waals surface area contributed by atoms with E-state index in [2.05, 4.69) is 20.8 Å². The maximum absolute atomic E-state index is 2.40. The van der Waals surface area contributed by atoms with E-state index in [1.54, 1.807) is 13.1 Å². The van der Waals surface area contributed by atoms with Crippen molar-refractivity contribution in [2.24, 2.45) is 0 Å². The minimum absolute atomic E-state index is 0.630. The van der Waals surface area contributed by atoms with E-state index in [0.29, 0.717) is 0 Å². The first-order chi connectivity index (χ1) is 4.85. The number of rotatable bonds is 6. The predicted molar refractivity (Wildman–Crippen MR) is 51.0 cm³/mol. The van der Waals surface area contributed by atoms with Crippen LogP contribution < -0.4 is 0 Å². The summed E-state index contributed by atoms with van der Waals surface area (Å²) >= 11 is -0.630. The van der Waals surface area contributed by atoms with E-state index in [0.717, 1.165) is 0 Å². The van der Waals surface area contributed by atoms with Crippen LogP contribution in [-0.2, 0) is 0 Å². The van der Waals surface area contributed by atoms with Crippen LogP contribution in [0, 0.1) is 0 Å². The second-order valence-electron chi connectivity index (χ2n) is 2.79. The third-order valence-electron chi connectivity index (χ3n) is 1.81. The standard InChI is InChI=1S/C4H9.C3H7.C2H5.Sb/c1-3-4-2;1-3-2;1-2;/h1,3-4H2,2H3;1,3H2,2H3;1H2,2H3;. The Morgan fingerprint density at radius 1 is 0.900 bits per heavy atom. The predicted octanol–water partition coefficient (Wildman–Crippen LogP) is 3.71. The Balaban J connectivity index is 3.21. The molecule has 10 heavy (non-hydrogen) atoms. The summed E-state index contributed by atoms with van der Waals surface area (Å²) in [6, 6.07) is 0. The molecule has 62 valence electrons. The molecule has 0 fully saturated rings. The summed E-state index contributed by atoms with van der Waals surface area (Å²) in [6.07, 6.45) is 4.36. The van der Waals surface area contributed by atoms with Gasteiger partial charge in [-0.05, 0) is 0 Å². The molecule has 0 radical (unpaired) electrons. The molecule has 0 aromatic rings. The molecule has 0 heterocycles. The Morgan fingerprint density at radius 2 is 1.60 bits per heavy atom. The molecule has 0 nitrogen and oxygen atoms in total. The van der Waals surface area contributed by atoms with Crippen LogP contribution in [0.5, 0.6) is 0 Å². The van der Waals surface area contributed by atoms with Crippen molar-refractivity contribution in [1.29, 1.82) is 0 Å². The van der Waals surface area contributed by atoms with Crippen molar-refractivity contribution in [3.63, 3.8) is 0 Å². The zero-order valence-corrected chi connectivity index (χ0v) is 10.2. The molecule has 0 aromatic heterocycles. The van der Waals surface area contributed by atoms with Crippen molar-refractivity contribution in [1.82, 2.24) is 0 Å². The van der Waals surface area contributed by atoms with Crippen molar-refractivity contribution in [2.45, 2.75) is 53.1 Å². The quantitative estimate of drug-likeness (QED) is 0.631. The molecule has 0 unspecified atom stereocenters. The van der Waals surface area contributed by atoms with Gasteiger partial charge in [0.05, 0.1) is 0 Å². The van der Waals surface area contributed by atoms with Gasteiger partial charge in [0.1, 0.15) is 0 Å². The van der Waals surface area contributed by atoms with Crippen molar-refractivity contribution in [3.8, 4) is 0 Å². The maximum atomic E-state index is 2.40. The third-order valence-corrected chi connectivity index (χ3v) is 10.2. The van der Waals surface area contributed by atoms with Crippen molar-refractivity contribution in [3.05, 3.63) is 0 Å². The monoisotopic (exact) mass is 250 g/mol. The fourth-order valence-corrected chi connectivity index (χ4v) is 7.55. The summed E-state index contributed by atoms with van der Waals surface area (Å²) in [5, 5.41) is 0. The molecule has 0 N–H and O–H groups in total. The van der Waals surface area contributed by atoms with Gasteiger partial charge in [-0.2, -0.15) is 0 Å². The van der Waals surface area contributed by atoms with E-state index in [9.17, 15) is 0 Å². The number of hydrogen-bond acceptors (Lipinski definition) is 0. The summed E-state index contributed by atoms with van der Waals surface area (Å²) in [6.45, 7) is 7.03. The molecule has 0 aliphatic carbocycles. The zero-order valence-electron chi connectivity index (χ0n) is 7.69. The second-order valence-corrected chi connectivity index (χ2v) is 11.0. The summed E-state index contributed by atoms with van der Waals surface area (Å²) in [7, 11) is 0. The average molecular weight is 251 g/mol. The normalized spacial score (nSPS) is 10.8. The van der Waals surface area contributed by atoms with Crippen LogP contribution in [-0.4, -0.2) is 20.2 Å².